The normalized spacial score (nSPS) is 26.9. The van der Waals surface area contributed by atoms with Crippen LogP contribution in [0, 0.1) is 5.82 Å². The zero-order valence-electron chi connectivity index (χ0n) is 14.1. The second-order valence-electron chi connectivity index (χ2n) is 7.08. The minimum Gasteiger partial charge on any atom is -0.279 e. The molecule has 1 saturated heterocycles. The Morgan fingerprint density at radius 2 is 1.76 bits per heavy atom. The van der Waals surface area contributed by atoms with E-state index >= 15 is 0 Å². The van der Waals surface area contributed by atoms with Crippen molar-refractivity contribution in [2.45, 2.75) is 44.2 Å². The predicted molar refractivity (Wildman–Crippen MR) is 94.6 cm³/mol. The lowest BCUT2D eigenvalue weighted by molar-refractivity contribution is 0.0966. The molecule has 1 saturated carbocycles. The minimum atomic E-state index is -0.335. The maximum absolute atomic E-state index is 14.7. The molecule has 2 aliphatic heterocycles. The number of rotatable bonds is 2. The lowest BCUT2D eigenvalue weighted by atomic mass is 10.0. The van der Waals surface area contributed by atoms with E-state index in [-0.39, 0.29) is 11.5 Å². The van der Waals surface area contributed by atoms with Gasteiger partial charge >= 0.3 is 0 Å². The van der Waals surface area contributed by atoms with Gasteiger partial charge in [-0.2, -0.15) is 15.6 Å². The highest BCUT2D eigenvalue weighted by atomic mass is 19.1. The number of hydrogen-bond acceptors (Lipinski definition) is 6. The highest BCUT2D eigenvalue weighted by molar-refractivity contribution is 5.98. The standard InChI is InChI=1S/C18H21FN6/c19-13-11-14-15(21-8-7-20-14)12-16(13)25-22-17-5-4-6-18(17,23-25)24-9-2-1-3-10-24/h7-8,11-12,23H,1-6,9-10H2. The van der Waals surface area contributed by atoms with Crippen molar-refractivity contribution >= 4 is 22.4 Å². The summed E-state index contributed by atoms with van der Waals surface area (Å²) >= 11 is 0. The Bertz CT molecular complexity index is 847. The van der Waals surface area contributed by atoms with Crippen LogP contribution in [-0.4, -0.2) is 39.3 Å². The van der Waals surface area contributed by atoms with E-state index in [0.29, 0.717) is 16.7 Å². The molecule has 0 radical (unpaired) electrons. The van der Waals surface area contributed by atoms with Crippen LogP contribution in [0.1, 0.15) is 38.5 Å². The average Bonchev–Trinajstić information content (AvgIpc) is 3.20. The number of nitrogens with zero attached hydrogens (tertiary/aromatic N) is 5. The highest BCUT2D eigenvalue weighted by Gasteiger charge is 2.50. The third-order valence-corrected chi connectivity index (χ3v) is 5.60. The summed E-state index contributed by atoms with van der Waals surface area (Å²) in [6.45, 7) is 2.15. The molecule has 25 heavy (non-hydrogen) atoms. The quantitative estimate of drug-likeness (QED) is 0.911. The van der Waals surface area contributed by atoms with Crippen LogP contribution in [0.5, 0.6) is 0 Å². The van der Waals surface area contributed by atoms with E-state index in [1.165, 1.54) is 25.3 Å². The summed E-state index contributed by atoms with van der Waals surface area (Å²) in [5.74, 6) is -0.335. The van der Waals surface area contributed by atoms with Gasteiger partial charge in [0.2, 0.25) is 0 Å². The largest absolute Gasteiger partial charge is 0.279 e. The second kappa shape index (κ2) is 5.71. The van der Waals surface area contributed by atoms with E-state index < -0.39 is 0 Å². The van der Waals surface area contributed by atoms with Crippen molar-refractivity contribution in [1.29, 1.82) is 0 Å². The van der Waals surface area contributed by atoms with Gasteiger partial charge in [0.1, 0.15) is 11.4 Å². The molecule has 0 bridgehead atoms. The number of fused-ring (bicyclic) bond motifs is 2. The summed E-state index contributed by atoms with van der Waals surface area (Å²) in [4.78, 5) is 11.0. The van der Waals surface area contributed by atoms with Gasteiger partial charge in [0.05, 0.1) is 16.7 Å². The van der Waals surface area contributed by atoms with Crippen LogP contribution in [0.3, 0.4) is 0 Å². The van der Waals surface area contributed by atoms with E-state index in [4.69, 9.17) is 5.10 Å². The number of piperidine rings is 1. The zero-order chi connectivity index (χ0) is 16.9. The number of likely N-dealkylation sites (tertiary alicyclic amines) is 1. The number of nitrogens with one attached hydrogen (secondary N) is 1. The molecule has 1 aromatic heterocycles. The first-order chi connectivity index (χ1) is 12.3. The van der Waals surface area contributed by atoms with Gasteiger partial charge in [0.15, 0.2) is 5.82 Å². The monoisotopic (exact) mass is 340 g/mol. The fraction of sp³-hybridized carbons (Fsp3) is 0.500. The van der Waals surface area contributed by atoms with Crippen molar-refractivity contribution in [1.82, 2.24) is 20.3 Å². The maximum atomic E-state index is 14.7. The summed E-state index contributed by atoms with van der Waals surface area (Å²) in [7, 11) is 0. The Morgan fingerprint density at radius 1 is 1.00 bits per heavy atom. The Morgan fingerprint density at radius 3 is 2.56 bits per heavy atom. The van der Waals surface area contributed by atoms with E-state index in [9.17, 15) is 4.39 Å². The fourth-order valence-corrected chi connectivity index (χ4v) is 4.37. The third-order valence-electron chi connectivity index (χ3n) is 5.60. The van der Waals surface area contributed by atoms with E-state index in [2.05, 4.69) is 20.3 Å². The van der Waals surface area contributed by atoms with Crippen LogP contribution in [0.15, 0.2) is 29.6 Å². The Labute approximate surface area is 145 Å². The molecule has 1 aliphatic carbocycles. The number of hydrogen-bond donors (Lipinski definition) is 1. The van der Waals surface area contributed by atoms with Crippen molar-refractivity contribution in [2.75, 3.05) is 18.2 Å². The summed E-state index contributed by atoms with van der Waals surface area (Å²) in [5.41, 5.74) is 6.06. The molecular weight excluding hydrogens is 319 g/mol. The molecule has 130 valence electrons. The van der Waals surface area contributed by atoms with E-state index in [1.807, 2.05) is 0 Å². The van der Waals surface area contributed by atoms with Crippen molar-refractivity contribution in [3.05, 3.63) is 30.3 Å². The first-order valence-corrected chi connectivity index (χ1v) is 9.07. The van der Waals surface area contributed by atoms with Crippen LogP contribution in [0.4, 0.5) is 10.1 Å². The first kappa shape index (κ1) is 15.2. The Balaban J connectivity index is 1.52. The van der Waals surface area contributed by atoms with Crippen molar-refractivity contribution in [3.63, 3.8) is 0 Å². The zero-order valence-corrected chi connectivity index (χ0v) is 14.1. The van der Waals surface area contributed by atoms with Gasteiger partial charge in [-0.1, -0.05) is 6.42 Å². The smallest absolute Gasteiger partial charge is 0.152 e. The minimum absolute atomic E-state index is 0.232. The maximum Gasteiger partial charge on any atom is 0.152 e. The molecule has 1 aromatic carbocycles. The van der Waals surface area contributed by atoms with Crippen LogP contribution < -0.4 is 10.5 Å². The van der Waals surface area contributed by atoms with Crippen LogP contribution >= 0.6 is 0 Å². The topological polar surface area (TPSA) is 56.7 Å². The lowest BCUT2D eigenvalue weighted by Crippen LogP contribution is -2.62. The molecular formula is C18H21FN6. The Hall–Kier alpha value is -2.12. The lowest BCUT2D eigenvalue weighted by Gasteiger charge is -2.41. The van der Waals surface area contributed by atoms with Gasteiger partial charge in [-0.15, -0.1) is 0 Å². The number of hydrazone groups is 1. The van der Waals surface area contributed by atoms with Gasteiger partial charge in [0, 0.05) is 31.5 Å². The fourth-order valence-electron chi connectivity index (χ4n) is 4.37. The van der Waals surface area contributed by atoms with Gasteiger partial charge in [0.25, 0.3) is 0 Å². The summed E-state index contributed by atoms with van der Waals surface area (Å²) in [6.07, 6.45) is 10.0. The number of aromatic nitrogens is 2. The van der Waals surface area contributed by atoms with Crippen LogP contribution in [-0.2, 0) is 0 Å². The molecule has 5 rings (SSSR count). The third kappa shape index (κ3) is 2.33. The molecule has 3 heterocycles. The SMILES string of the molecule is Fc1cc2nccnc2cc1N1N=C2CCCC2(N2CCCCC2)N1. The van der Waals surface area contributed by atoms with Gasteiger partial charge in [-0.25, -0.2) is 4.39 Å². The molecule has 2 fully saturated rings. The number of anilines is 1. The molecule has 6 nitrogen and oxygen atoms in total. The summed E-state index contributed by atoms with van der Waals surface area (Å²) in [5, 5.41) is 6.36. The van der Waals surface area contributed by atoms with Crippen LogP contribution in [0.25, 0.3) is 11.0 Å². The van der Waals surface area contributed by atoms with E-state index in [0.717, 1.165) is 38.1 Å². The molecule has 1 unspecified atom stereocenters. The molecule has 1 N–H and O–H groups in total. The second-order valence-corrected chi connectivity index (χ2v) is 7.08. The van der Waals surface area contributed by atoms with Crippen molar-refractivity contribution in [3.8, 4) is 0 Å². The van der Waals surface area contributed by atoms with E-state index in [1.54, 1.807) is 23.6 Å². The number of halogens is 1. The van der Waals surface area contributed by atoms with Crippen molar-refractivity contribution in [2.24, 2.45) is 5.10 Å². The number of benzene rings is 1. The van der Waals surface area contributed by atoms with Crippen molar-refractivity contribution < 1.29 is 4.39 Å². The van der Waals surface area contributed by atoms with Crippen LogP contribution in [0.2, 0.25) is 0 Å². The molecule has 0 spiro atoms. The predicted octanol–water partition coefficient (Wildman–Crippen LogP) is 2.82. The highest BCUT2D eigenvalue weighted by Crippen LogP contribution is 2.38. The molecule has 1 atom stereocenters. The molecule has 0 amide bonds. The number of hydrazine groups is 1. The molecule has 3 aliphatic rings. The van der Waals surface area contributed by atoms with Gasteiger partial charge in [-0.3, -0.25) is 14.9 Å². The molecule has 2 aromatic rings. The van der Waals surface area contributed by atoms with Gasteiger partial charge < -0.3 is 0 Å². The summed E-state index contributed by atoms with van der Waals surface area (Å²) < 4.78 is 14.7. The summed E-state index contributed by atoms with van der Waals surface area (Å²) in [6, 6.07) is 3.15. The first-order valence-electron chi connectivity index (χ1n) is 9.07. The average molecular weight is 340 g/mol. The van der Waals surface area contributed by atoms with Gasteiger partial charge in [-0.05, 0) is 38.2 Å². The Kier molecular flexibility index (Phi) is 3.46. The molecule has 7 heteroatoms.